The summed E-state index contributed by atoms with van der Waals surface area (Å²) in [6.07, 6.45) is 0. The molecule has 0 atom stereocenters. The van der Waals surface area contributed by atoms with Crippen LogP contribution in [0.2, 0.25) is 0 Å². The van der Waals surface area contributed by atoms with Gasteiger partial charge in [0.1, 0.15) is 22.7 Å². The van der Waals surface area contributed by atoms with Crippen LogP contribution in [-0.2, 0) is 0 Å². The lowest BCUT2D eigenvalue weighted by Crippen LogP contribution is -2.31. The molecule has 0 amide bonds. The smallest absolute Gasteiger partial charge is 0.235 e. The molecule has 0 aliphatic carbocycles. The molecular formula is C87H63N9+2. The number of hydrogen-bond donors (Lipinski definition) is 0. The first-order chi connectivity index (χ1) is 47.1. The summed E-state index contributed by atoms with van der Waals surface area (Å²) in [5, 5.41) is 5.92. The van der Waals surface area contributed by atoms with Gasteiger partial charge in [0.15, 0.2) is 17.5 Å². The van der Waals surface area contributed by atoms with E-state index >= 15 is 0 Å². The summed E-state index contributed by atoms with van der Waals surface area (Å²) in [5.74, 6) is 2.59. The summed E-state index contributed by atoms with van der Waals surface area (Å²) >= 11 is 0. The van der Waals surface area contributed by atoms with Crippen LogP contribution in [0.15, 0.2) is 309 Å². The van der Waals surface area contributed by atoms with Crippen molar-refractivity contribution in [2.24, 2.45) is 0 Å². The van der Waals surface area contributed by atoms with Gasteiger partial charge in [0.2, 0.25) is 5.95 Å². The molecule has 4 aromatic heterocycles. The largest absolute Gasteiger partial charge is 0.309 e. The second-order valence-electron chi connectivity index (χ2n) is 25.9. The second kappa shape index (κ2) is 22.2. The molecule has 19 rings (SSSR count). The average Bonchev–Trinajstić information content (AvgIpc) is 1.56. The molecule has 9 nitrogen and oxygen atoms in total. The highest BCUT2D eigenvalue weighted by Gasteiger charge is 2.39. The van der Waals surface area contributed by atoms with Gasteiger partial charge in [-0.2, -0.15) is 0 Å². The van der Waals surface area contributed by atoms with Gasteiger partial charge in [-0.15, -0.1) is 0 Å². The van der Waals surface area contributed by atoms with E-state index in [0.717, 1.165) is 66.7 Å². The van der Waals surface area contributed by atoms with Gasteiger partial charge in [-0.3, -0.25) is 13.5 Å². The maximum absolute atomic E-state index is 5.33. The first kappa shape index (κ1) is 56.5. The molecule has 9 heteroatoms. The molecule has 0 spiro atoms. The Hall–Kier alpha value is -12.3. The van der Waals surface area contributed by atoms with Crippen LogP contribution in [0.3, 0.4) is 0 Å². The van der Waals surface area contributed by atoms with Crippen molar-refractivity contribution < 1.29 is 0 Å². The molecule has 0 saturated heterocycles. The van der Waals surface area contributed by atoms with Crippen molar-refractivity contribution in [3.8, 4) is 102 Å². The Kier molecular flexibility index (Phi) is 13.1. The molecule has 13 aromatic carbocycles. The van der Waals surface area contributed by atoms with Crippen molar-refractivity contribution >= 4 is 77.3 Å². The number of nitrogens with zero attached hydrogens (tertiary/aromatic N) is 9. The molecule has 0 N–H and O–H groups in total. The van der Waals surface area contributed by atoms with E-state index in [4.69, 9.17) is 24.9 Å². The fraction of sp³-hybridized carbons (Fsp3) is 0.0460. The molecule has 6 heterocycles. The Morgan fingerprint density at radius 2 is 0.635 bits per heavy atom. The highest BCUT2D eigenvalue weighted by Crippen LogP contribution is 2.55. The minimum atomic E-state index is 0.632. The van der Waals surface area contributed by atoms with E-state index < -0.39 is 0 Å². The summed E-state index contributed by atoms with van der Waals surface area (Å²) in [7, 11) is 9.10. The first-order valence-electron chi connectivity index (χ1n) is 32.7. The Morgan fingerprint density at radius 3 is 1.19 bits per heavy atom. The summed E-state index contributed by atoms with van der Waals surface area (Å²) in [6, 6.07) is 110. The highest BCUT2D eigenvalue weighted by molar-refractivity contribution is 6.15. The van der Waals surface area contributed by atoms with Gasteiger partial charge in [-0.25, -0.2) is 24.9 Å². The van der Waals surface area contributed by atoms with E-state index in [9.17, 15) is 0 Å². The predicted molar refractivity (Wildman–Crippen MR) is 398 cm³/mol. The van der Waals surface area contributed by atoms with Gasteiger partial charge in [-0.05, 0) is 76.9 Å². The molecule has 0 saturated carbocycles. The minimum absolute atomic E-state index is 0.632. The monoisotopic (exact) mass is 1230 g/mol. The number of rotatable bonds is 8. The molecule has 17 aromatic rings. The Balaban J connectivity index is 0.000000142. The Labute approximate surface area is 556 Å². The van der Waals surface area contributed by atoms with Crippen molar-refractivity contribution in [1.82, 2.24) is 43.0 Å². The maximum Gasteiger partial charge on any atom is 0.235 e. The van der Waals surface area contributed by atoms with Crippen LogP contribution in [0, 0.1) is 0 Å². The van der Waals surface area contributed by atoms with Gasteiger partial charge in [0.25, 0.3) is 0 Å². The molecule has 0 bridgehead atoms. The van der Waals surface area contributed by atoms with Crippen LogP contribution in [0.1, 0.15) is 0 Å². The van der Waals surface area contributed by atoms with Gasteiger partial charge >= 0.3 is 0 Å². The SMILES string of the molecule is C[N+]1(C)c2ccccc2-c2cc3c4ccccc4n(-c4cccc(-c5nc(-c6ccccc6)nc(-c6ccc(-c7ccccc7)cc6)n5)c4)c3cc21.C[N+]1(C)c2ccccc2-c2cc3c4ccccc4n(-c4nc(-c5ccc(-c6ccccc6)cc5)c5ccccc5n4)c3cc21. The van der Waals surface area contributed by atoms with E-state index in [1.165, 1.54) is 88.8 Å². The van der Waals surface area contributed by atoms with Gasteiger partial charge < -0.3 is 4.57 Å². The topological polar surface area (TPSA) is 74.3 Å². The molecule has 96 heavy (non-hydrogen) atoms. The summed E-state index contributed by atoms with van der Waals surface area (Å²) < 4.78 is 6.04. The van der Waals surface area contributed by atoms with Gasteiger partial charge in [0.05, 0.1) is 61.5 Å². The lowest BCUT2D eigenvalue weighted by atomic mass is 10.0. The third kappa shape index (κ3) is 9.19. The van der Waals surface area contributed by atoms with E-state index in [1.54, 1.807) is 0 Å². The van der Waals surface area contributed by atoms with Crippen LogP contribution in [-0.4, -0.2) is 62.2 Å². The zero-order chi connectivity index (χ0) is 64.2. The molecule has 0 fully saturated rings. The van der Waals surface area contributed by atoms with Crippen LogP contribution in [0.5, 0.6) is 0 Å². The number of para-hydroxylation sites is 5. The zero-order valence-electron chi connectivity index (χ0n) is 53.5. The van der Waals surface area contributed by atoms with Crippen LogP contribution < -0.4 is 8.97 Å². The number of fused-ring (bicyclic) bond motifs is 13. The second-order valence-corrected chi connectivity index (χ2v) is 25.9. The minimum Gasteiger partial charge on any atom is -0.309 e. The molecule has 2 aliphatic heterocycles. The normalized spacial score (nSPS) is 13.2. The zero-order valence-corrected chi connectivity index (χ0v) is 53.5. The predicted octanol–water partition coefficient (Wildman–Crippen LogP) is 21.5. The number of benzene rings is 13. The lowest BCUT2D eigenvalue weighted by Gasteiger charge is -2.25. The van der Waals surface area contributed by atoms with Crippen molar-refractivity contribution in [2.75, 3.05) is 28.2 Å². The van der Waals surface area contributed by atoms with E-state index in [0.29, 0.717) is 32.4 Å². The van der Waals surface area contributed by atoms with Crippen molar-refractivity contribution in [1.29, 1.82) is 0 Å². The molecular weight excluding hydrogens is 1170 g/mol. The molecule has 2 aliphatic rings. The maximum atomic E-state index is 5.33. The molecule has 454 valence electrons. The molecule has 0 radical (unpaired) electrons. The summed E-state index contributed by atoms with van der Waals surface area (Å²) in [5.41, 5.74) is 26.5. The summed E-state index contributed by atoms with van der Waals surface area (Å²) in [4.78, 5) is 25.7. The third-order valence-corrected chi connectivity index (χ3v) is 19.7. The lowest BCUT2D eigenvalue weighted by molar-refractivity contribution is 0.569. The van der Waals surface area contributed by atoms with Crippen molar-refractivity contribution in [3.63, 3.8) is 0 Å². The van der Waals surface area contributed by atoms with Gasteiger partial charge in [-0.1, -0.05) is 231 Å². The Bertz CT molecular complexity index is 5930. The van der Waals surface area contributed by atoms with Crippen molar-refractivity contribution in [3.05, 3.63) is 309 Å². The third-order valence-electron chi connectivity index (χ3n) is 19.7. The number of quaternary nitrogens is 2. The Morgan fingerprint density at radius 1 is 0.240 bits per heavy atom. The summed E-state index contributed by atoms with van der Waals surface area (Å²) in [6.45, 7) is 0. The van der Waals surface area contributed by atoms with E-state index in [2.05, 4.69) is 304 Å². The van der Waals surface area contributed by atoms with E-state index in [1.807, 2.05) is 42.5 Å². The van der Waals surface area contributed by atoms with Crippen LogP contribution in [0.4, 0.5) is 22.7 Å². The molecule has 0 unspecified atom stereocenters. The quantitative estimate of drug-likeness (QED) is 0.142. The van der Waals surface area contributed by atoms with E-state index in [-0.39, 0.29) is 0 Å². The van der Waals surface area contributed by atoms with Crippen LogP contribution in [0.25, 0.3) is 156 Å². The fourth-order valence-electron chi connectivity index (χ4n) is 14.9. The average molecular weight is 1230 g/mol. The van der Waals surface area contributed by atoms with Crippen LogP contribution >= 0.6 is 0 Å². The fourth-order valence-corrected chi connectivity index (χ4v) is 14.9. The number of hydrogen-bond acceptors (Lipinski definition) is 5. The van der Waals surface area contributed by atoms with Gasteiger partial charge in [0, 0.05) is 101 Å². The number of aromatic nitrogens is 7. The highest BCUT2D eigenvalue weighted by atomic mass is 15.3. The first-order valence-corrected chi connectivity index (χ1v) is 32.7. The standard InChI is InChI=1S/C47H34N5.C40H29N4/c1-52(2)43-23-12-10-21-38(43)40-29-39-37-20-9-11-22-41(37)51(42(39)30-44(40)52)36-19-13-18-35(28-36)47-49-45(33-16-7-4-8-17-33)48-46(50-47)34-26-24-32(25-27-34)31-14-5-3-6-15-31;1-44(2)37-19-11-8-15-30(37)33-24-32-29-14-7-10-18-35(29)43(36(32)25-38(33)44)40-41-34-17-9-6-16-31(34)39(42-40)28-22-20-27(21-23-28)26-12-4-3-5-13-26/h3-30H,1-2H3;3-25H,1-2H3/q2*+1. The van der Waals surface area contributed by atoms with Crippen molar-refractivity contribution in [2.45, 2.75) is 0 Å².